The SMILES string of the molecule is CN/C=C1\C(C)=Cc2ncc3ccc(C)cc3c2C1(C)C. The van der Waals surface area contributed by atoms with E-state index in [1.807, 2.05) is 13.2 Å². The van der Waals surface area contributed by atoms with Crippen LogP contribution in [0, 0.1) is 6.92 Å². The lowest BCUT2D eigenvalue weighted by Crippen LogP contribution is -2.27. The van der Waals surface area contributed by atoms with E-state index in [2.05, 4.69) is 63.5 Å². The Labute approximate surface area is 126 Å². The van der Waals surface area contributed by atoms with Crippen LogP contribution in [0.1, 0.15) is 37.6 Å². The van der Waals surface area contributed by atoms with E-state index in [1.165, 1.54) is 33.0 Å². The standard InChI is InChI=1S/C19H22N2/c1-12-6-7-14-10-21-17-9-13(2)16(11-20-5)19(3,4)18(17)15(14)8-12/h6-11,20H,1-5H3/b16-11+. The molecule has 2 aromatic rings. The Bertz CT molecular complexity index is 779. The summed E-state index contributed by atoms with van der Waals surface area (Å²) < 4.78 is 0. The van der Waals surface area contributed by atoms with Crippen molar-refractivity contribution in [3.8, 4) is 0 Å². The van der Waals surface area contributed by atoms with E-state index in [1.54, 1.807) is 0 Å². The molecule has 21 heavy (non-hydrogen) atoms. The molecule has 2 heteroatoms. The third-order valence-electron chi connectivity index (χ3n) is 4.44. The molecule has 0 unspecified atom stereocenters. The number of nitrogens with zero attached hydrogens (tertiary/aromatic N) is 1. The molecular formula is C19H22N2. The van der Waals surface area contributed by atoms with Crippen molar-refractivity contribution in [2.75, 3.05) is 7.05 Å². The number of hydrogen-bond donors (Lipinski definition) is 1. The zero-order valence-corrected chi connectivity index (χ0v) is 13.4. The van der Waals surface area contributed by atoms with Crippen molar-refractivity contribution < 1.29 is 0 Å². The molecular weight excluding hydrogens is 256 g/mol. The maximum atomic E-state index is 4.69. The molecule has 0 bridgehead atoms. The summed E-state index contributed by atoms with van der Waals surface area (Å²) in [6.07, 6.45) is 6.30. The first-order chi connectivity index (χ1) is 9.95. The summed E-state index contributed by atoms with van der Waals surface area (Å²) in [6.45, 7) is 8.88. The Morgan fingerprint density at radius 2 is 1.95 bits per heavy atom. The molecule has 0 aliphatic heterocycles. The van der Waals surface area contributed by atoms with Gasteiger partial charge in [-0.3, -0.25) is 4.98 Å². The van der Waals surface area contributed by atoms with Gasteiger partial charge < -0.3 is 5.32 Å². The topological polar surface area (TPSA) is 24.9 Å². The van der Waals surface area contributed by atoms with Crippen molar-refractivity contribution in [3.63, 3.8) is 0 Å². The van der Waals surface area contributed by atoms with E-state index in [0.29, 0.717) is 0 Å². The predicted octanol–water partition coefficient (Wildman–Crippen LogP) is 4.34. The Balaban J connectivity index is 2.41. The highest BCUT2D eigenvalue weighted by molar-refractivity contribution is 5.91. The predicted molar refractivity (Wildman–Crippen MR) is 90.3 cm³/mol. The highest BCUT2D eigenvalue weighted by Crippen LogP contribution is 2.44. The largest absolute Gasteiger partial charge is 0.394 e. The van der Waals surface area contributed by atoms with Crippen LogP contribution in [0.4, 0.5) is 0 Å². The number of fused-ring (bicyclic) bond motifs is 3. The minimum absolute atomic E-state index is 0.0581. The van der Waals surface area contributed by atoms with Crippen LogP contribution in [0.15, 0.2) is 41.7 Å². The van der Waals surface area contributed by atoms with Crippen molar-refractivity contribution in [1.29, 1.82) is 0 Å². The van der Waals surface area contributed by atoms with Gasteiger partial charge in [0.15, 0.2) is 0 Å². The van der Waals surface area contributed by atoms with Crippen molar-refractivity contribution in [2.45, 2.75) is 33.1 Å². The van der Waals surface area contributed by atoms with Gasteiger partial charge in [-0.2, -0.15) is 0 Å². The molecule has 1 aliphatic carbocycles. The summed E-state index contributed by atoms with van der Waals surface area (Å²) >= 11 is 0. The molecule has 0 amide bonds. The van der Waals surface area contributed by atoms with Crippen LogP contribution in [0.5, 0.6) is 0 Å². The minimum Gasteiger partial charge on any atom is -0.394 e. The molecule has 2 nitrogen and oxygen atoms in total. The van der Waals surface area contributed by atoms with Crippen molar-refractivity contribution in [2.24, 2.45) is 0 Å². The summed E-state index contributed by atoms with van der Waals surface area (Å²) in [7, 11) is 1.96. The molecule has 0 saturated heterocycles. The van der Waals surface area contributed by atoms with Gasteiger partial charge in [-0.25, -0.2) is 0 Å². The molecule has 0 spiro atoms. The van der Waals surface area contributed by atoms with Crippen LogP contribution in [-0.2, 0) is 5.41 Å². The fourth-order valence-electron chi connectivity index (χ4n) is 3.46. The molecule has 0 saturated carbocycles. The van der Waals surface area contributed by atoms with E-state index in [9.17, 15) is 0 Å². The molecule has 1 aromatic heterocycles. The minimum atomic E-state index is -0.0581. The summed E-state index contributed by atoms with van der Waals surface area (Å²) in [5.41, 5.74) is 6.27. The molecule has 1 aliphatic rings. The van der Waals surface area contributed by atoms with Crippen LogP contribution in [0.25, 0.3) is 16.8 Å². The number of hydrogen-bond acceptors (Lipinski definition) is 2. The number of allylic oxidation sites excluding steroid dienone is 2. The Kier molecular flexibility index (Phi) is 3.12. The molecule has 0 atom stereocenters. The molecule has 1 aromatic carbocycles. The van der Waals surface area contributed by atoms with Gasteiger partial charge in [0.2, 0.25) is 0 Å². The van der Waals surface area contributed by atoms with Crippen LogP contribution >= 0.6 is 0 Å². The van der Waals surface area contributed by atoms with Gasteiger partial charge in [0.25, 0.3) is 0 Å². The number of benzene rings is 1. The monoisotopic (exact) mass is 278 g/mol. The Morgan fingerprint density at radius 1 is 1.19 bits per heavy atom. The zero-order valence-electron chi connectivity index (χ0n) is 13.4. The molecule has 108 valence electrons. The molecule has 0 radical (unpaired) electrons. The van der Waals surface area contributed by atoms with Crippen molar-refractivity contribution in [1.82, 2.24) is 10.3 Å². The fraction of sp³-hybridized carbons (Fsp3) is 0.316. The quantitative estimate of drug-likeness (QED) is 0.839. The maximum absolute atomic E-state index is 4.69. The van der Waals surface area contributed by atoms with Crippen molar-refractivity contribution >= 4 is 16.8 Å². The van der Waals surface area contributed by atoms with Gasteiger partial charge in [0.1, 0.15) is 0 Å². The van der Waals surface area contributed by atoms with Gasteiger partial charge in [-0.05, 0) is 42.0 Å². The van der Waals surface area contributed by atoms with E-state index in [0.717, 1.165) is 5.69 Å². The summed E-state index contributed by atoms with van der Waals surface area (Å²) in [5, 5.41) is 5.72. The average molecular weight is 278 g/mol. The lowest BCUT2D eigenvalue weighted by molar-refractivity contribution is 0.621. The number of pyridine rings is 1. The Hall–Kier alpha value is -2.09. The van der Waals surface area contributed by atoms with Crippen LogP contribution in [0.3, 0.4) is 0 Å². The first-order valence-electron chi connectivity index (χ1n) is 7.41. The number of nitrogens with one attached hydrogen (secondary N) is 1. The second-order valence-electron chi connectivity index (χ2n) is 6.41. The van der Waals surface area contributed by atoms with Crippen LogP contribution in [0.2, 0.25) is 0 Å². The second kappa shape index (κ2) is 4.73. The van der Waals surface area contributed by atoms with E-state index in [-0.39, 0.29) is 5.41 Å². The van der Waals surface area contributed by atoms with E-state index < -0.39 is 0 Å². The summed E-state index contributed by atoms with van der Waals surface area (Å²) in [5.74, 6) is 0. The molecule has 1 N–H and O–H groups in total. The van der Waals surface area contributed by atoms with Gasteiger partial charge >= 0.3 is 0 Å². The summed E-state index contributed by atoms with van der Waals surface area (Å²) in [6, 6.07) is 6.60. The third-order valence-corrected chi connectivity index (χ3v) is 4.44. The average Bonchev–Trinajstić information content (AvgIpc) is 2.42. The van der Waals surface area contributed by atoms with Gasteiger partial charge in [0, 0.05) is 30.2 Å². The van der Waals surface area contributed by atoms with Crippen LogP contribution in [-0.4, -0.2) is 12.0 Å². The Morgan fingerprint density at radius 3 is 2.67 bits per heavy atom. The maximum Gasteiger partial charge on any atom is 0.0679 e. The molecule has 0 fully saturated rings. The molecule has 3 rings (SSSR count). The van der Waals surface area contributed by atoms with Gasteiger partial charge in [0.05, 0.1) is 5.69 Å². The van der Waals surface area contributed by atoms with Gasteiger partial charge in [-0.15, -0.1) is 0 Å². The number of rotatable bonds is 1. The third kappa shape index (κ3) is 2.06. The van der Waals surface area contributed by atoms with E-state index in [4.69, 9.17) is 4.98 Å². The smallest absolute Gasteiger partial charge is 0.0679 e. The normalized spacial score (nSPS) is 18.5. The fourth-order valence-corrected chi connectivity index (χ4v) is 3.46. The zero-order chi connectivity index (χ0) is 15.2. The highest BCUT2D eigenvalue weighted by atomic mass is 14.8. The number of aryl methyl sites for hydroxylation is 1. The molecule has 1 heterocycles. The van der Waals surface area contributed by atoms with Crippen molar-refractivity contribution in [3.05, 3.63) is 58.6 Å². The first-order valence-corrected chi connectivity index (χ1v) is 7.41. The lowest BCUT2D eigenvalue weighted by Gasteiger charge is -2.35. The second-order valence-corrected chi connectivity index (χ2v) is 6.41. The highest BCUT2D eigenvalue weighted by Gasteiger charge is 2.34. The van der Waals surface area contributed by atoms with E-state index >= 15 is 0 Å². The van der Waals surface area contributed by atoms with Crippen LogP contribution < -0.4 is 5.32 Å². The lowest BCUT2D eigenvalue weighted by atomic mass is 9.69. The first kappa shape index (κ1) is 13.9. The van der Waals surface area contributed by atoms with Gasteiger partial charge in [-0.1, -0.05) is 37.6 Å². The number of aromatic nitrogens is 1. The summed E-state index contributed by atoms with van der Waals surface area (Å²) in [4.78, 5) is 4.69.